The molecule has 0 aromatic carbocycles. The van der Waals surface area contributed by atoms with Gasteiger partial charge < -0.3 is 19.0 Å². The molecule has 6 heteroatoms. The van der Waals surface area contributed by atoms with E-state index in [2.05, 4.69) is 0 Å². The Hall–Kier alpha value is -1.82. The number of ether oxygens (including phenoxy) is 1. The fraction of sp³-hybridized carbons (Fsp3) is 0.684. The maximum absolute atomic E-state index is 12.8. The van der Waals surface area contributed by atoms with Crippen molar-refractivity contribution in [1.82, 2.24) is 9.80 Å². The number of nitrogens with zero attached hydrogens (tertiary/aromatic N) is 2. The summed E-state index contributed by atoms with van der Waals surface area (Å²) in [5, 5.41) is 0. The molecule has 6 nitrogen and oxygen atoms in total. The van der Waals surface area contributed by atoms with E-state index in [1.807, 2.05) is 53.7 Å². The Balaban J connectivity index is 2.89. The highest BCUT2D eigenvalue weighted by Gasteiger charge is 2.31. The van der Waals surface area contributed by atoms with Crippen LogP contribution >= 0.6 is 0 Å². The van der Waals surface area contributed by atoms with Gasteiger partial charge in [0.05, 0.1) is 13.2 Å². The number of carbonyl (C=O) groups is 2. The van der Waals surface area contributed by atoms with Gasteiger partial charge in [-0.1, -0.05) is 20.8 Å². The van der Waals surface area contributed by atoms with Gasteiger partial charge in [-0.15, -0.1) is 0 Å². The predicted molar refractivity (Wildman–Crippen MR) is 97.0 cm³/mol. The lowest BCUT2D eigenvalue weighted by Gasteiger charge is -2.34. The van der Waals surface area contributed by atoms with E-state index in [4.69, 9.17) is 9.15 Å². The molecule has 1 aromatic rings. The zero-order valence-electron chi connectivity index (χ0n) is 16.6. The van der Waals surface area contributed by atoms with E-state index in [1.165, 1.54) is 0 Å². The van der Waals surface area contributed by atoms with Crippen molar-refractivity contribution in [1.29, 1.82) is 0 Å². The van der Waals surface area contributed by atoms with Crippen LogP contribution in [0.1, 0.15) is 46.1 Å². The zero-order valence-corrected chi connectivity index (χ0v) is 16.6. The number of hydrogen-bond acceptors (Lipinski definition) is 4. The van der Waals surface area contributed by atoms with Gasteiger partial charge in [0.15, 0.2) is 0 Å². The van der Waals surface area contributed by atoms with Crippen LogP contribution in [0.4, 0.5) is 0 Å². The lowest BCUT2D eigenvalue weighted by Crippen LogP contribution is -2.49. The van der Waals surface area contributed by atoms with Crippen LogP contribution in [-0.2, 0) is 20.9 Å². The summed E-state index contributed by atoms with van der Waals surface area (Å²) in [5.74, 6) is 1.38. The Morgan fingerprint density at radius 3 is 2.32 bits per heavy atom. The van der Waals surface area contributed by atoms with Gasteiger partial charge >= 0.3 is 0 Å². The number of carbonyl (C=O) groups excluding carboxylic acids is 2. The number of hydrogen-bond donors (Lipinski definition) is 0. The van der Waals surface area contributed by atoms with Gasteiger partial charge in [-0.05, 0) is 32.9 Å². The van der Waals surface area contributed by atoms with E-state index in [9.17, 15) is 9.59 Å². The van der Waals surface area contributed by atoms with Crippen molar-refractivity contribution < 1.29 is 18.7 Å². The molecule has 0 saturated carbocycles. The second-order valence-electron chi connectivity index (χ2n) is 7.60. The molecule has 0 spiro atoms. The SMILES string of the molecule is COCCN(Cc1ccc(C)o1)C(=O)CN(C(=O)C(C)(C)C)C(C)C. The Kier molecular flexibility index (Phi) is 7.67. The van der Waals surface area contributed by atoms with Crippen LogP contribution in [0, 0.1) is 12.3 Å². The molecular weight excluding hydrogens is 320 g/mol. The smallest absolute Gasteiger partial charge is 0.242 e. The minimum absolute atomic E-state index is 0.0311. The van der Waals surface area contributed by atoms with Crippen LogP contribution in [0.2, 0.25) is 0 Å². The molecule has 25 heavy (non-hydrogen) atoms. The molecule has 0 radical (unpaired) electrons. The monoisotopic (exact) mass is 352 g/mol. The van der Waals surface area contributed by atoms with Crippen molar-refractivity contribution in [2.24, 2.45) is 5.41 Å². The molecule has 0 N–H and O–H groups in total. The van der Waals surface area contributed by atoms with E-state index in [0.717, 1.165) is 11.5 Å². The van der Waals surface area contributed by atoms with Crippen molar-refractivity contribution in [2.45, 2.75) is 54.1 Å². The maximum atomic E-state index is 12.8. The molecule has 1 heterocycles. The summed E-state index contributed by atoms with van der Waals surface area (Å²) in [7, 11) is 1.60. The number of methoxy groups -OCH3 is 1. The van der Waals surface area contributed by atoms with Gasteiger partial charge in [-0.3, -0.25) is 9.59 Å². The Morgan fingerprint density at radius 1 is 1.24 bits per heavy atom. The fourth-order valence-corrected chi connectivity index (χ4v) is 2.42. The highest BCUT2D eigenvalue weighted by atomic mass is 16.5. The first-order valence-corrected chi connectivity index (χ1v) is 8.69. The van der Waals surface area contributed by atoms with Crippen LogP contribution in [0.5, 0.6) is 0 Å². The van der Waals surface area contributed by atoms with Crippen molar-refractivity contribution in [3.05, 3.63) is 23.7 Å². The summed E-state index contributed by atoms with van der Waals surface area (Å²) in [5.41, 5.74) is -0.528. The van der Waals surface area contributed by atoms with Gasteiger partial charge in [-0.25, -0.2) is 0 Å². The summed E-state index contributed by atoms with van der Waals surface area (Å²) >= 11 is 0. The van der Waals surface area contributed by atoms with Gasteiger partial charge in [0.25, 0.3) is 0 Å². The standard InChI is InChI=1S/C19H32N2O4/c1-14(2)21(18(23)19(4,5)6)13-17(22)20(10-11-24-7)12-16-9-8-15(3)25-16/h8-9,14H,10-13H2,1-7H3. The van der Waals surface area contributed by atoms with Crippen molar-refractivity contribution in [3.63, 3.8) is 0 Å². The molecule has 0 aliphatic heterocycles. The van der Waals surface area contributed by atoms with E-state index in [1.54, 1.807) is 16.9 Å². The zero-order chi connectivity index (χ0) is 19.2. The number of furan rings is 1. The van der Waals surface area contributed by atoms with Gasteiger partial charge in [0, 0.05) is 25.1 Å². The molecule has 0 aliphatic carbocycles. The van der Waals surface area contributed by atoms with Gasteiger partial charge in [-0.2, -0.15) is 0 Å². The normalized spacial score (nSPS) is 11.7. The van der Waals surface area contributed by atoms with E-state index >= 15 is 0 Å². The summed E-state index contributed by atoms with van der Waals surface area (Å²) in [6.07, 6.45) is 0. The third-order valence-electron chi connectivity index (χ3n) is 3.89. The molecule has 0 bridgehead atoms. The minimum atomic E-state index is -0.528. The first-order valence-electron chi connectivity index (χ1n) is 8.69. The molecule has 0 aliphatic rings. The largest absolute Gasteiger partial charge is 0.464 e. The Morgan fingerprint density at radius 2 is 1.88 bits per heavy atom. The van der Waals surface area contributed by atoms with E-state index < -0.39 is 5.41 Å². The number of aryl methyl sites for hydroxylation is 1. The Labute approximate surface area is 151 Å². The molecule has 1 aromatic heterocycles. The molecule has 0 atom stereocenters. The lowest BCUT2D eigenvalue weighted by molar-refractivity contribution is -0.147. The predicted octanol–water partition coefficient (Wildman–Crippen LogP) is 2.85. The highest BCUT2D eigenvalue weighted by molar-refractivity contribution is 5.87. The highest BCUT2D eigenvalue weighted by Crippen LogP contribution is 2.19. The Bertz CT molecular complexity index is 572. The molecule has 142 valence electrons. The molecular formula is C19H32N2O4. The maximum Gasteiger partial charge on any atom is 0.242 e. The van der Waals surface area contributed by atoms with Crippen LogP contribution in [0.3, 0.4) is 0 Å². The van der Waals surface area contributed by atoms with Gasteiger partial charge in [0.1, 0.15) is 18.1 Å². The average molecular weight is 352 g/mol. The molecule has 1 rings (SSSR count). The molecule has 0 saturated heterocycles. The van der Waals surface area contributed by atoms with Crippen LogP contribution in [0.25, 0.3) is 0 Å². The fourth-order valence-electron chi connectivity index (χ4n) is 2.42. The number of amides is 2. The summed E-state index contributed by atoms with van der Waals surface area (Å²) in [4.78, 5) is 28.8. The van der Waals surface area contributed by atoms with Crippen molar-refractivity contribution in [2.75, 3.05) is 26.8 Å². The van der Waals surface area contributed by atoms with Crippen molar-refractivity contribution >= 4 is 11.8 Å². The molecule has 0 unspecified atom stereocenters. The topological polar surface area (TPSA) is 63.0 Å². The number of rotatable bonds is 8. The van der Waals surface area contributed by atoms with E-state index in [-0.39, 0.29) is 24.4 Å². The van der Waals surface area contributed by atoms with Crippen LogP contribution < -0.4 is 0 Å². The summed E-state index contributed by atoms with van der Waals surface area (Å²) < 4.78 is 10.7. The second-order valence-corrected chi connectivity index (χ2v) is 7.60. The first-order chi connectivity index (χ1) is 11.6. The quantitative estimate of drug-likeness (QED) is 0.722. The van der Waals surface area contributed by atoms with Crippen LogP contribution in [0.15, 0.2) is 16.5 Å². The first kappa shape index (κ1) is 21.2. The van der Waals surface area contributed by atoms with E-state index in [0.29, 0.717) is 19.7 Å². The lowest BCUT2D eigenvalue weighted by atomic mass is 9.94. The van der Waals surface area contributed by atoms with Gasteiger partial charge in [0.2, 0.25) is 11.8 Å². The third kappa shape index (κ3) is 6.53. The third-order valence-corrected chi connectivity index (χ3v) is 3.89. The average Bonchev–Trinajstić information content (AvgIpc) is 2.92. The van der Waals surface area contributed by atoms with Crippen molar-refractivity contribution in [3.8, 4) is 0 Å². The summed E-state index contributed by atoms with van der Waals surface area (Å²) in [6, 6.07) is 3.69. The second kappa shape index (κ2) is 9.04. The molecule has 2 amide bonds. The van der Waals surface area contributed by atoms with Crippen LogP contribution in [-0.4, -0.2) is 54.5 Å². The summed E-state index contributed by atoms with van der Waals surface area (Å²) in [6.45, 7) is 12.6. The minimum Gasteiger partial charge on any atom is -0.464 e. The molecule has 0 fully saturated rings.